The first-order valence-electron chi connectivity index (χ1n) is 7.83. The number of benzene rings is 2. The third-order valence-corrected chi connectivity index (χ3v) is 4.46. The lowest BCUT2D eigenvalue weighted by Gasteiger charge is -2.36. The predicted octanol–water partition coefficient (Wildman–Crippen LogP) is 2.56. The summed E-state index contributed by atoms with van der Waals surface area (Å²) >= 11 is 0. The number of ether oxygens (including phenoxy) is 1. The van der Waals surface area contributed by atoms with E-state index in [0.717, 1.165) is 25.1 Å². The minimum Gasteiger partial charge on any atom is -0.465 e. The van der Waals surface area contributed by atoms with Crippen LogP contribution < -0.4 is 0 Å². The van der Waals surface area contributed by atoms with Gasteiger partial charge in [-0.25, -0.2) is 4.79 Å². The maximum absolute atomic E-state index is 11.5. The van der Waals surface area contributed by atoms with Gasteiger partial charge in [0.1, 0.15) is 0 Å². The van der Waals surface area contributed by atoms with Crippen LogP contribution in [0.4, 0.5) is 0 Å². The highest BCUT2D eigenvalue weighted by molar-refractivity contribution is 5.89. The van der Waals surface area contributed by atoms with Crippen molar-refractivity contribution in [1.82, 2.24) is 4.90 Å². The Bertz CT molecular complexity index is 681. The van der Waals surface area contributed by atoms with Crippen molar-refractivity contribution < 1.29 is 14.6 Å². The van der Waals surface area contributed by atoms with E-state index < -0.39 is 0 Å². The lowest BCUT2D eigenvalue weighted by molar-refractivity contribution is 0.0600. The van der Waals surface area contributed by atoms with E-state index in [1.165, 1.54) is 18.2 Å². The van der Waals surface area contributed by atoms with Gasteiger partial charge in [-0.1, -0.05) is 36.4 Å². The van der Waals surface area contributed by atoms with E-state index in [0.29, 0.717) is 5.56 Å². The number of nitrogens with zero attached hydrogens (tertiary/aromatic N) is 1. The average Bonchev–Trinajstić information content (AvgIpc) is 2.61. The summed E-state index contributed by atoms with van der Waals surface area (Å²) in [7, 11) is 1.38. The van der Waals surface area contributed by atoms with E-state index in [1.54, 1.807) is 12.1 Å². The molecule has 0 aliphatic carbocycles. The monoisotopic (exact) mass is 311 g/mol. The number of hydrogen-bond donors (Lipinski definition) is 1. The lowest BCUT2D eigenvalue weighted by Crippen LogP contribution is -2.36. The summed E-state index contributed by atoms with van der Waals surface area (Å²) in [6.07, 6.45) is 0.993. The van der Waals surface area contributed by atoms with Gasteiger partial charge in [0.05, 0.1) is 25.3 Å². The van der Waals surface area contributed by atoms with Crippen molar-refractivity contribution in [3.8, 4) is 0 Å². The van der Waals surface area contributed by atoms with Gasteiger partial charge >= 0.3 is 5.97 Å². The Morgan fingerprint density at radius 3 is 2.65 bits per heavy atom. The molecule has 1 heterocycles. The Morgan fingerprint density at radius 2 is 1.96 bits per heavy atom. The average molecular weight is 311 g/mol. The number of fused-ring (bicyclic) bond motifs is 1. The van der Waals surface area contributed by atoms with E-state index >= 15 is 0 Å². The highest BCUT2D eigenvalue weighted by atomic mass is 16.5. The predicted molar refractivity (Wildman–Crippen MR) is 88.2 cm³/mol. The molecule has 2 aromatic carbocycles. The Labute approximate surface area is 136 Å². The largest absolute Gasteiger partial charge is 0.465 e. The van der Waals surface area contributed by atoms with Gasteiger partial charge in [0.2, 0.25) is 0 Å². The van der Waals surface area contributed by atoms with E-state index in [-0.39, 0.29) is 18.6 Å². The van der Waals surface area contributed by atoms with Gasteiger partial charge < -0.3 is 9.84 Å². The van der Waals surface area contributed by atoms with Gasteiger partial charge in [0, 0.05) is 13.1 Å². The molecule has 1 aliphatic rings. The Balaban J connectivity index is 1.76. The molecule has 23 heavy (non-hydrogen) atoms. The molecule has 2 aromatic rings. The third kappa shape index (κ3) is 3.28. The summed E-state index contributed by atoms with van der Waals surface area (Å²) in [5.41, 5.74) is 4.21. The molecule has 4 heteroatoms. The number of carbonyl (C=O) groups excluding carboxylic acids is 1. The van der Waals surface area contributed by atoms with Crippen LogP contribution in [0.25, 0.3) is 0 Å². The lowest BCUT2D eigenvalue weighted by atomic mass is 9.92. The molecule has 0 spiro atoms. The molecule has 1 N–H and O–H groups in total. The second kappa shape index (κ2) is 6.94. The highest BCUT2D eigenvalue weighted by Gasteiger charge is 2.26. The summed E-state index contributed by atoms with van der Waals surface area (Å²) in [5.74, 6) is -0.323. The molecular formula is C19H21NO3. The Morgan fingerprint density at radius 1 is 1.22 bits per heavy atom. The molecule has 0 saturated carbocycles. The van der Waals surface area contributed by atoms with Crippen LogP contribution in [-0.4, -0.2) is 36.2 Å². The van der Waals surface area contributed by atoms with Crippen LogP contribution in [0.15, 0.2) is 48.5 Å². The fourth-order valence-electron chi connectivity index (χ4n) is 3.21. The molecule has 120 valence electrons. The normalized spacial score (nSPS) is 17.6. The molecule has 1 atom stereocenters. The fraction of sp³-hybridized carbons (Fsp3) is 0.316. The zero-order valence-electron chi connectivity index (χ0n) is 13.2. The summed E-state index contributed by atoms with van der Waals surface area (Å²) in [4.78, 5) is 13.8. The number of hydrogen-bond acceptors (Lipinski definition) is 4. The van der Waals surface area contributed by atoms with Gasteiger partial charge in [0.15, 0.2) is 0 Å². The molecule has 0 aromatic heterocycles. The second-order valence-electron chi connectivity index (χ2n) is 5.81. The van der Waals surface area contributed by atoms with E-state index in [4.69, 9.17) is 4.74 Å². The van der Waals surface area contributed by atoms with Crippen molar-refractivity contribution >= 4 is 5.97 Å². The quantitative estimate of drug-likeness (QED) is 0.882. The summed E-state index contributed by atoms with van der Waals surface area (Å²) in [5, 5.41) is 9.83. The maximum atomic E-state index is 11.5. The van der Waals surface area contributed by atoms with E-state index in [2.05, 4.69) is 23.1 Å². The van der Waals surface area contributed by atoms with Crippen molar-refractivity contribution in [2.24, 2.45) is 0 Å². The standard InChI is InChI=1S/C19H21NO3/c1-23-19(22)16-8-6-14(7-9-16)12-20-11-10-15-4-2-3-5-17(15)18(20)13-21/h2-9,18,21H,10-13H2,1H3. The van der Waals surface area contributed by atoms with Crippen LogP contribution >= 0.6 is 0 Å². The van der Waals surface area contributed by atoms with Crippen molar-refractivity contribution in [3.05, 3.63) is 70.8 Å². The molecular weight excluding hydrogens is 290 g/mol. The summed E-state index contributed by atoms with van der Waals surface area (Å²) < 4.78 is 4.72. The number of aliphatic hydroxyl groups excluding tert-OH is 1. The van der Waals surface area contributed by atoms with Crippen molar-refractivity contribution in [2.45, 2.75) is 19.0 Å². The van der Waals surface area contributed by atoms with Gasteiger partial charge in [-0.2, -0.15) is 0 Å². The van der Waals surface area contributed by atoms with E-state index in [9.17, 15) is 9.90 Å². The van der Waals surface area contributed by atoms with Gasteiger partial charge in [0.25, 0.3) is 0 Å². The maximum Gasteiger partial charge on any atom is 0.337 e. The molecule has 0 radical (unpaired) electrons. The summed E-state index contributed by atoms with van der Waals surface area (Å²) in [6, 6.07) is 15.8. The highest BCUT2D eigenvalue weighted by Crippen LogP contribution is 2.30. The Hall–Kier alpha value is -2.17. The van der Waals surface area contributed by atoms with Crippen LogP contribution in [0.2, 0.25) is 0 Å². The molecule has 0 amide bonds. The molecule has 0 saturated heterocycles. The Kier molecular flexibility index (Phi) is 4.74. The van der Waals surface area contributed by atoms with E-state index in [1.807, 2.05) is 18.2 Å². The van der Waals surface area contributed by atoms with Crippen molar-refractivity contribution in [3.63, 3.8) is 0 Å². The topological polar surface area (TPSA) is 49.8 Å². The van der Waals surface area contributed by atoms with Gasteiger partial charge in [-0.05, 0) is 35.2 Å². The number of rotatable bonds is 4. The van der Waals surface area contributed by atoms with Gasteiger partial charge in [-0.3, -0.25) is 4.90 Å². The number of carbonyl (C=O) groups is 1. The molecule has 1 unspecified atom stereocenters. The van der Waals surface area contributed by atoms with Crippen LogP contribution in [0.5, 0.6) is 0 Å². The van der Waals surface area contributed by atoms with Crippen LogP contribution in [0, 0.1) is 0 Å². The van der Waals surface area contributed by atoms with Crippen molar-refractivity contribution in [2.75, 3.05) is 20.3 Å². The first kappa shape index (κ1) is 15.7. The number of methoxy groups -OCH3 is 1. The molecule has 0 fully saturated rings. The first-order valence-corrected chi connectivity index (χ1v) is 7.83. The van der Waals surface area contributed by atoms with Crippen LogP contribution in [0.1, 0.15) is 33.1 Å². The molecule has 4 nitrogen and oxygen atoms in total. The minimum absolute atomic E-state index is 0.0280. The zero-order chi connectivity index (χ0) is 16.2. The second-order valence-corrected chi connectivity index (χ2v) is 5.81. The first-order chi connectivity index (χ1) is 11.2. The fourth-order valence-corrected chi connectivity index (χ4v) is 3.21. The van der Waals surface area contributed by atoms with Crippen molar-refractivity contribution in [1.29, 1.82) is 0 Å². The smallest absolute Gasteiger partial charge is 0.337 e. The molecule has 0 bridgehead atoms. The molecule has 1 aliphatic heterocycles. The minimum atomic E-state index is -0.323. The third-order valence-electron chi connectivity index (χ3n) is 4.46. The summed E-state index contributed by atoms with van der Waals surface area (Å²) in [6.45, 7) is 1.78. The zero-order valence-corrected chi connectivity index (χ0v) is 13.2. The molecule has 3 rings (SSSR count). The SMILES string of the molecule is COC(=O)c1ccc(CN2CCc3ccccc3C2CO)cc1. The van der Waals surface area contributed by atoms with Gasteiger partial charge in [-0.15, -0.1) is 0 Å². The number of esters is 1. The van der Waals surface area contributed by atoms with Crippen LogP contribution in [-0.2, 0) is 17.7 Å². The number of aliphatic hydroxyl groups is 1. The van der Waals surface area contributed by atoms with Crippen LogP contribution in [0.3, 0.4) is 0 Å².